The third kappa shape index (κ3) is 3.09. The summed E-state index contributed by atoms with van der Waals surface area (Å²) in [6.45, 7) is 3.95. The summed E-state index contributed by atoms with van der Waals surface area (Å²) in [5.74, 6) is 0.0788. The minimum Gasteiger partial charge on any atom is -0.459 e. The minimum absolute atomic E-state index is 0.0261. The molecule has 0 saturated heterocycles. The number of ether oxygens (including phenoxy) is 1. The molecule has 0 bridgehead atoms. The fourth-order valence-corrected chi connectivity index (χ4v) is 2.42. The summed E-state index contributed by atoms with van der Waals surface area (Å²) in [7, 11) is 0. The number of esters is 1. The van der Waals surface area contributed by atoms with E-state index in [9.17, 15) is 9.18 Å². The van der Waals surface area contributed by atoms with Crippen LogP contribution >= 0.6 is 0 Å². The quantitative estimate of drug-likeness (QED) is 0.745. The lowest BCUT2D eigenvalue weighted by molar-refractivity contribution is 0.0173. The highest BCUT2D eigenvalue weighted by molar-refractivity contribution is 5.91. The summed E-state index contributed by atoms with van der Waals surface area (Å²) >= 11 is 0. The molecule has 2 nitrogen and oxygen atoms in total. The molecule has 2 rings (SSSR count). The van der Waals surface area contributed by atoms with Crippen molar-refractivity contribution in [3.05, 3.63) is 35.1 Å². The van der Waals surface area contributed by atoms with E-state index in [2.05, 4.69) is 6.92 Å². The number of hydrogen-bond donors (Lipinski definition) is 0. The van der Waals surface area contributed by atoms with E-state index < -0.39 is 0 Å². The van der Waals surface area contributed by atoms with Gasteiger partial charge in [-0.25, -0.2) is 9.18 Å². The normalized spacial score (nSPS) is 23.7. The van der Waals surface area contributed by atoms with Gasteiger partial charge >= 0.3 is 5.97 Å². The Balaban J connectivity index is 1.99. The maximum absolute atomic E-state index is 13.0. The van der Waals surface area contributed by atoms with E-state index in [1.807, 2.05) is 0 Å². The van der Waals surface area contributed by atoms with Crippen molar-refractivity contribution in [1.82, 2.24) is 0 Å². The first-order chi connectivity index (χ1) is 8.56. The molecule has 1 fully saturated rings. The summed E-state index contributed by atoms with van der Waals surface area (Å²) in [5, 5.41) is 0. The lowest BCUT2D eigenvalue weighted by atomic mass is 9.89. The summed E-state index contributed by atoms with van der Waals surface area (Å²) < 4.78 is 18.4. The smallest absolute Gasteiger partial charge is 0.338 e. The first-order valence-corrected chi connectivity index (χ1v) is 6.53. The Morgan fingerprint density at radius 2 is 1.94 bits per heavy atom. The molecule has 1 aliphatic rings. The van der Waals surface area contributed by atoms with Crippen LogP contribution in [0.25, 0.3) is 0 Å². The predicted molar refractivity (Wildman–Crippen MR) is 68.0 cm³/mol. The van der Waals surface area contributed by atoms with E-state index in [-0.39, 0.29) is 17.9 Å². The topological polar surface area (TPSA) is 26.3 Å². The Kier molecular flexibility index (Phi) is 4.00. The van der Waals surface area contributed by atoms with Crippen molar-refractivity contribution >= 4 is 5.97 Å². The number of halogens is 1. The maximum Gasteiger partial charge on any atom is 0.338 e. The molecule has 0 heterocycles. The first-order valence-electron chi connectivity index (χ1n) is 6.53. The molecule has 0 amide bonds. The molecule has 1 aromatic carbocycles. The van der Waals surface area contributed by atoms with Gasteiger partial charge in [0.1, 0.15) is 11.9 Å². The van der Waals surface area contributed by atoms with Gasteiger partial charge in [0.2, 0.25) is 0 Å². The molecule has 0 unspecified atom stereocenters. The number of hydrogen-bond acceptors (Lipinski definition) is 2. The van der Waals surface area contributed by atoms with Gasteiger partial charge in [0, 0.05) is 0 Å². The fraction of sp³-hybridized carbons (Fsp3) is 0.533. The zero-order chi connectivity index (χ0) is 13.1. The summed E-state index contributed by atoms with van der Waals surface area (Å²) in [6.07, 6.45) is 4.12. The molecule has 0 radical (unpaired) electrons. The van der Waals surface area contributed by atoms with E-state index in [0.29, 0.717) is 11.1 Å². The third-order valence-corrected chi connectivity index (χ3v) is 3.64. The van der Waals surface area contributed by atoms with Gasteiger partial charge < -0.3 is 4.74 Å². The van der Waals surface area contributed by atoms with Crippen LogP contribution in [0.3, 0.4) is 0 Å². The molecule has 18 heavy (non-hydrogen) atoms. The SMILES string of the molecule is Cc1cc(F)ccc1C(=O)OC1CCC(C)CC1. The van der Waals surface area contributed by atoms with Crippen LogP contribution in [0.5, 0.6) is 0 Å². The average molecular weight is 250 g/mol. The van der Waals surface area contributed by atoms with Crippen molar-refractivity contribution in [2.75, 3.05) is 0 Å². The molecule has 3 heteroatoms. The standard InChI is InChI=1S/C15H19FO2/c1-10-3-6-13(7-4-10)18-15(17)14-8-5-12(16)9-11(14)2/h5,8-10,13H,3-4,6-7H2,1-2H3. The minimum atomic E-state index is -0.327. The number of rotatable bonds is 2. The monoisotopic (exact) mass is 250 g/mol. The van der Waals surface area contributed by atoms with Crippen molar-refractivity contribution in [2.24, 2.45) is 5.92 Å². The molecule has 1 saturated carbocycles. The number of aryl methyl sites for hydroxylation is 1. The van der Waals surface area contributed by atoms with Crippen molar-refractivity contribution in [1.29, 1.82) is 0 Å². The van der Waals surface area contributed by atoms with Gasteiger partial charge in [-0.15, -0.1) is 0 Å². The highest BCUT2D eigenvalue weighted by Gasteiger charge is 2.22. The maximum atomic E-state index is 13.0. The molecule has 0 atom stereocenters. The van der Waals surface area contributed by atoms with Crippen LogP contribution in [0.4, 0.5) is 4.39 Å². The highest BCUT2D eigenvalue weighted by atomic mass is 19.1. The second-order valence-electron chi connectivity index (χ2n) is 5.25. The van der Waals surface area contributed by atoms with Gasteiger partial charge in [0.15, 0.2) is 0 Å². The van der Waals surface area contributed by atoms with Crippen molar-refractivity contribution < 1.29 is 13.9 Å². The van der Waals surface area contributed by atoms with Crippen LogP contribution in [0.15, 0.2) is 18.2 Å². The van der Waals surface area contributed by atoms with Crippen LogP contribution in [-0.4, -0.2) is 12.1 Å². The second kappa shape index (κ2) is 5.51. The lowest BCUT2D eigenvalue weighted by Crippen LogP contribution is -2.24. The predicted octanol–water partition coefficient (Wildman–Crippen LogP) is 3.87. The van der Waals surface area contributed by atoms with Gasteiger partial charge in [-0.1, -0.05) is 6.92 Å². The van der Waals surface area contributed by atoms with Crippen LogP contribution < -0.4 is 0 Å². The fourth-order valence-electron chi connectivity index (χ4n) is 2.42. The molecule has 1 aromatic rings. The molecular formula is C15H19FO2. The van der Waals surface area contributed by atoms with E-state index in [0.717, 1.165) is 31.6 Å². The summed E-state index contributed by atoms with van der Waals surface area (Å²) in [4.78, 5) is 12.0. The average Bonchev–Trinajstić information content (AvgIpc) is 2.32. The Morgan fingerprint density at radius 3 is 2.56 bits per heavy atom. The lowest BCUT2D eigenvalue weighted by Gasteiger charge is -2.26. The van der Waals surface area contributed by atoms with Crippen molar-refractivity contribution in [3.8, 4) is 0 Å². The van der Waals surface area contributed by atoms with Gasteiger partial charge in [0.05, 0.1) is 5.56 Å². The molecule has 1 aliphatic carbocycles. The molecule has 98 valence electrons. The van der Waals surface area contributed by atoms with Gasteiger partial charge in [0.25, 0.3) is 0 Å². The summed E-state index contributed by atoms with van der Waals surface area (Å²) in [5.41, 5.74) is 1.10. The van der Waals surface area contributed by atoms with Gasteiger partial charge in [-0.05, 0) is 62.3 Å². The number of carbonyl (C=O) groups is 1. The Hall–Kier alpha value is -1.38. The van der Waals surface area contributed by atoms with Crippen LogP contribution in [0.2, 0.25) is 0 Å². The molecule has 0 N–H and O–H groups in total. The van der Waals surface area contributed by atoms with Crippen molar-refractivity contribution in [2.45, 2.75) is 45.6 Å². The molecule has 0 aliphatic heterocycles. The Labute approximate surface area is 107 Å². The first kappa shape index (κ1) is 13.1. The van der Waals surface area contributed by atoms with Crippen LogP contribution in [-0.2, 0) is 4.74 Å². The molecule has 0 aromatic heterocycles. The van der Waals surface area contributed by atoms with E-state index >= 15 is 0 Å². The van der Waals surface area contributed by atoms with Gasteiger partial charge in [-0.3, -0.25) is 0 Å². The van der Waals surface area contributed by atoms with E-state index in [1.54, 1.807) is 6.92 Å². The number of benzene rings is 1. The second-order valence-corrected chi connectivity index (χ2v) is 5.25. The zero-order valence-electron chi connectivity index (χ0n) is 10.9. The Bertz CT molecular complexity index is 434. The van der Waals surface area contributed by atoms with Gasteiger partial charge in [-0.2, -0.15) is 0 Å². The van der Waals surface area contributed by atoms with Crippen LogP contribution in [0.1, 0.15) is 48.5 Å². The molecular weight excluding hydrogens is 231 g/mol. The summed E-state index contributed by atoms with van der Waals surface area (Å²) in [6, 6.07) is 4.16. The van der Waals surface area contributed by atoms with Crippen molar-refractivity contribution in [3.63, 3.8) is 0 Å². The number of carbonyl (C=O) groups excluding carboxylic acids is 1. The molecule has 0 spiro atoms. The highest BCUT2D eigenvalue weighted by Crippen LogP contribution is 2.26. The third-order valence-electron chi connectivity index (χ3n) is 3.64. The van der Waals surface area contributed by atoms with E-state index in [1.165, 1.54) is 18.2 Å². The van der Waals surface area contributed by atoms with Crippen LogP contribution in [0, 0.1) is 18.7 Å². The zero-order valence-corrected chi connectivity index (χ0v) is 10.9. The largest absolute Gasteiger partial charge is 0.459 e. The Morgan fingerprint density at radius 1 is 1.28 bits per heavy atom. The van der Waals surface area contributed by atoms with E-state index in [4.69, 9.17) is 4.74 Å².